The van der Waals surface area contributed by atoms with Crippen molar-refractivity contribution in [3.63, 3.8) is 0 Å². The maximum atomic E-state index is 12.1. The summed E-state index contributed by atoms with van der Waals surface area (Å²) in [5.74, 6) is 3.30. The van der Waals surface area contributed by atoms with Crippen LogP contribution in [0.15, 0.2) is 0 Å². The average Bonchev–Trinajstić information content (AvgIpc) is 2.14. The second kappa shape index (κ2) is 3.19. The van der Waals surface area contributed by atoms with Gasteiger partial charge in [0.05, 0.1) is 4.43 Å². The van der Waals surface area contributed by atoms with Crippen LogP contribution in [0, 0.1) is 23.2 Å². The van der Waals surface area contributed by atoms with E-state index in [2.05, 4.69) is 22.6 Å². The molecule has 0 heterocycles. The van der Waals surface area contributed by atoms with Gasteiger partial charge < -0.3 is 0 Å². The van der Waals surface area contributed by atoms with Gasteiger partial charge in [0.2, 0.25) is 0 Å². The summed E-state index contributed by atoms with van der Waals surface area (Å²) in [6.45, 7) is 0. The minimum atomic E-state index is 0.163. The molecule has 4 aliphatic rings. The highest BCUT2D eigenvalue weighted by molar-refractivity contribution is 14.1. The lowest BCUT2D eigenvalue weighted by molar-refractivity contribution is -0.140. The van der Waals surface area contributed by atoms with Crippen molar-refractivity contribution in [3.8, 4) is 0 Å². The lowest BCUT2D eigenvalue weighted by Gasteiger charge is -2.55. The van der Waals surface area contributed by atoms with Gasteiger partial charge in [-0.05, 0) is 56.3 Å². The Bertz CT molecular complexity index is 236. The summed E-state index contributed by atoms with van der Waals surface area (Å²) >= 11 is 2.25. The van der Waals surface area contributed by atoms with Gasteiger partial charge in [-0.3, -0.25) is 4.79 Å². The van der Waals surface area contributed by atoms with E-state index < -0.39 is 0 Å². The molecule has 0 aromatic rings. The normalized spacial score (nSPS) is 49.6. The third-order valence-corrected chi connectivity index (χ3v) is 5.44. The number of hydrogen-bond acceptors (Lipinski definition) is 1. The zero-order valence-electron chi connectivity index (χ0n) is 8.47. The third kappa shape index (κ3) is 1.29. The molecule has 0 aliphatic heterocycles. The van der Waals surface area contributed by atoms with Gasteiger partial charge in [0.1, 0.15) is 5.78 Å². The van der Waals surface area contributed by atoms with Crippen molar-refractivity contribution in [2.24, 2.45) is 23.2 Å². The first-order chi connectivity index (χ1) is 6.72. The summed E-state index contributed by atoms with van der Waals surface area (Å²) in [5, 5.41) is 0. The quantitative estimate of drug-likeness (QED) is 0.565. The van der Waals surface area contributed by atoms with Gasteiger partial charge in [-0.15, -0.1) is 0 Å². The van der Waals surface area contributed by atoms with E-state index in [1.54, 1.807) is 0 Å². The number of alkyl halides is 1. The van der Waals surface area contributed by atoms with E-state index >= 15 is 0 Å². The second-order valence-corrected chi connectivity index (χ2v) is 6.52. The molecule has 4 rings (SSSR count). The molecule has 4 saturated carbocycles. The second-order valence-electron chi connectivity index (χ2n) is 5.75. The topological polar surface area (TPSA) is 17.1 Å². The molecule has 0 radical (unpaired) electrons. The van der Waals surface area contributed by atoms with Crippen LogP contribution in [0.4, 0.5) is 0 Å². The summed E-state index contributed by atoms with van der Waals surface area (Å²) in [7, 11) is 0. The number of carbonyl (C=O) groups excluding carboxylic acids is 1. The Labute approximate surface area is 99.2 Å². The van der Waals surface area contributed by atoms with Crippen LogP contribution in [-0.4, -0.2) is 10.2 Å². The molecule has 0 spiro atoms. The third-order valence-electron chi connectivity index (χ3n) is 4.75. The highest BCUT2D eigenvalue weighted by Crippen LogP contribution is 2.60. The molecule has 78 valence electrons. The van der Waals surface area contributed by atoms with Crippen LogP contribution >= 0.6 is 22.6 Å². The van der Waals surface area contributed by atoms with Crippen LogP contribution in [0.25, 0.3) is 0 Å². The fourth-order valence-electron chi connectivity index (χ4n) is 4.59. The Morgan fingerprint density at radius 1 is 1.07 bits per heavy atom. The first kappa shape index (κ1) is 9.61. The van der Waals surface area contributed by atoms with E-state index in [0.29, 0.717) is 5.78 Å². The first-order valence-electron chi connectivity index (χ1n) is 5.81. The maximum Gasteiger partial charge on any atom is 0.148 e. The van der Waals surface area contributed by atoms with E-state index in [1.807, 2.05) is 0 Å². The Morgan fingerprint density at radius 3 is 1.86 bits per heavy atom. The number of Topliss-reactive ketones (excluding diaryl/α,β-unsaturated/α-hetero) is 1. The highest BCUT2D eigenvalue weighted by Gasteiger charge is 2.53. The van der Waals surface area contributed by atoms with Gasteiger partial charge in [0.15, 0.2) is 0 Å². The van der Waals surface area contributed by atoms with E-state index in [0.717, 1.165) is 22.2 Å². The van der Waals surface area contributed by atoms with Crippen molar-refractivity contribution in [2.45, 2.75) is 38.5 Å². The van der Waals surface area contributed by atoms with Crippen LogP contribution < -0.4 is 0 Å². The fourth-order valence-corrected chi connectivity index (χ4v) is 5.40. The Hall–Kier alpha value is 0.400. The Morgan fingerprint density at radius 2 is 1.50 bits per heavy atom. The average molecular weight is 304 g/mol. The van der Waals surface area contributed by atoms with Crippen LogP contribution in [0.2, 0.25) is 0 Å². The van der Waals surface area contributed by atoms with Crippen LogP contribution in [0.1, 0.15) is 38.5 Å². The molecule has 14 heavy (non-hydrogen) atoms. The molecule has 1 nitrogen and oxygen atoms in total. The van der Waals surface area contributed by atoms with Crippen LogP contribution in [0.3, 0.4) is 0 Å². The smallest absolute Gasteiger partial charge is 0.148 e. The highest BCUT2D eigenvalue weighted by atomic mass is 127. The first-order valence-corrected chi connectivity index (χ1v) is 7.34. The van der Waals surface area contributed by atoms with Gasteiger partial charge in [0.25, 0.3) is 0 Å². The molecule has 0 amide bonds. The van der Waals surface area contributed by atoms with E-state index in [9.17, 15) is 4.79 Å². The van der Waals surface area contributed by atoms with Gasteiger partial charge in [-0.1, -0.05) is 22.6 Å². The van der Waals surface area contributed by atoms with Crippen molar-refractivity contribution < 1.29 is 4.79 Å². The molecule has 0 N–H and O–H groups in total. The molecule has 4 aliphatic carbocycles. The molecule has 2 heteroatoms. The maximum absolute atomic E-state index is 12.1. The number of hydrogen-bond donors (Lipinski definition) is 0. The van der Waals surface area contributed by atoms with Crippen LogP contribution in [-0.2, 0) is 4.79 Å². The molecular formula is C12H17IO. The summed E-state index contributed by atoms with van der Waals surface area (Å²) in [6, 6.07) is 0. The predicted molar refractivity (Wildman–Crippen MR) is 64.5 cm³/mol. The van der Waals surface area contributed by atoms with Gasteiger partial charge in [-0.25, -0.2) is 0 Å². The van der Waals surface area contributed by atoms with Gasteiger partial charge in [-0.2, -0.15) is 0 Å². The van der Waals surface area contributed by atoms with Crippen molar-refractivity contribution in [3.05, 3.63) is 0 Å². The summed E-state index contributed by atoms with van der Waals surface area (Å²) < 4.78 is 0.740. The SMILES string of the molecule is O=C(CI)C12CC3CC(CC(C3)C1)C2. The van der Waals surface area contributed by atoms with Crippen molar-refractivity contribution in [1.29, 1.82) is 0 Å². The molecule has 0 unspecified atom stereocenters. The monoisotopic (exact) mass is 304 g/mol. The van der Waals surface area contributed by atoms with E-state index in [1.165, 1.54) is 38.5 Å². The number of halogens is 1. The molecule has 4 fully saturated rings. The van der Waals surface area contributed by atoms with Crippen LogP contribution in [0.5, 0.6) is 0 Å². The molecule has 0 saturated heterocycles. The molecule has 0 aromatic carbocycles. The molecule has 0 aromatic heterocycles. The lowest BCUT2D eigenvalue weighted by Crippen LogP contribution is -2.50. The Kier molecular flexibility index (Phi) is 2.19. The minimum Gasteiger partial charge on any atom is -0.298 e. The number of rotatable bonds is 2. The minimum absolute atomic E-state index is 0.163. The molecule has 4 bridgehead atoms. The van der Waals surface area contributed by atoms with Gasteiger partial charge in [0, 0.05) is 5.41 Å². The van der Waals surface area contributed by atoms with Crippen molar-refractivity contribution in [2.75, 3.05) is 4.43 Å². The largest absolute Gasteiger partial charge is 0.298 e. The molecule has 0 atom stereocenters. The zero-order chi connectivity index (χ0) is 9.76. The predicted octanol–water partition coefficient (Wildman–Crippen LogP) is 3.21. The Balaban J connectivity index is 1.91. The molecular weight excluding hydrogens is 287 g/mol. The van der Waals surface area contributed by atoms with Gasteiger partial charge >= 0.3 is 0 Å². The summed E-state index contributed by atoms with van der Waals surface area (Å²) in [6.07, 6.45) is 8.03. The fraction of sp³-hybridized carbons (Fsp3) is 0.917. The zero-order valence-corrected chi connectivity index (χ0v) is 10.6. The van der Waals surface area contributed by atoms with Crippen molar-refractivity contribution in [1.82, 2.24) is 0 Å². The van der Waals surface area contributed by atoms with Crippen molar-refractivity contribution >= 4 is 28.4 Å². The summed E-state index contributed by atoms with van der Waals surface area (Å²) in [4.78, 5) is 12.1. The van der Waals surface area contributed by atoms with E-state index in [-0.39, 0.29) is 5.41 Å². The lowest BCUT2D eigenvalue weighted by atomic mass is 9.48. The van der Waals surface area contributed by atoms with E-state index in [4.69, 9.17) is 0 Å². The summed E-state index contributed by atoms with van der Waals surface area (Å²) in [5.41, 5.74) is 0.163. The number of carbonyl (C=O) groups is 1. The number of ketones is 1. The standard InChI is InChI=1S/C12H17IO/c13-7-11(14)12-4-8-1-9(5-12)3-10(2-8)6-12/h8-10H,1-7H2.